The summed E-state index contributed by atoms with van der Waals surface area (Å²) in [7, 11) is 0. The molecule has 0 bridgehead atoms. The summed E-state index contributed by atoms with van der Waals surface area (Å²) >= 11 is 0. The molecule has 2 heterocycles. The minimum Gasteiger partial charge on any atom is -0.444 e. The molecular weight excluding hydrogens is 270 g/mol. The molecule has 2 unspecified atom stereocenters. The van der Waals surface area contributed by atoms with Gasteiger partial charge in [-0.15, -0.1) is 0 Å². The smallest absolute Gasteiger partial charge is 0.410 e. The molecule has 2 saturated heterocycles. The predicted octanol–water partition coefficient (Wildman–Crippen LogP) is 1.54. The Hall–Kier alpha value is -1.30. The second-order valence-electron chi connectivity index (χ2n) is 7.30. The van der Waals surface area contributed by atoms with Gasteiger partial charge in [0.05, 0.1) is 12.1 Å². The largest absolute Gasteiger partial charge is 0.444 e. The summed E-state index contributed by atoms with van der Waals surface area (Å²) in [5.74, 6) is 0.0887. The number of piperidine rings is 1. The maximum atomic E-state index is 12.6. The first-order valence-electron chi connectivity index (χ1n) is 7.68. The molecule has 0 aromatic carbocycles. The van der Waals surface area contributed by atoms with Gasteiger partial charge in [0.2, 0.25) is 5.91 Å². The van der Waals surface area contributed by atoms with Gasteiger partial charge in [0.25, 0.3) is 0 Å². The summed E-state index contributed by atoms with van der Waals surface area (Å²) in [5.41, 5.74) is 4.70. The molecule has 0 saturated carbocycles. The lowest BCUT2D eigenvalue weighted by Gasteiger charge is -2.39. The van der Waals surface area contributed by atoms with Crippen LogP contribution in [-0.2, 0) is 9.53 Å². The number of hydrogen-bond acceptors (Lipinski definition) is 4. The zero-order valence-electron chi connectivity index (χ0n) is 13.5. The molecule has 2 N–H and O–H groups in total. The van der Waals surface area contributed by atoms with E-state index in [4.69, 9.17) is 10.5 Å². The Morgan fingerprint density at radius 1 is 1.48 bits per heavy atom. The molecule has 2 rings (SSSR count). The van der Waals surface area contributed by atoms with Crippen molar-refractivity contribution in [3.63, 3.8) is 0 Å². The zero-order chi connectivity index (χ0) is 15.8. The summed E-state index contributed by atoms with van der Waals surface area (Å²) in [6.45, 7) is 8.92. The number of likely N-dealkylation sites (tertiary alicyclic amines) is 2. The van der Waals surface area contributed by atoms with E-state index in [1.54, 1.807) is 9.80 Å². The number of hydrogen-bond donors (Lipinski definition) is 1. The SMILES string of the molecule is CC1CC2(CCCN(C(=O)OC(C)(C)C)C2)C(=O)N1CN. The third-order valence-corrected chi connectivity index (χ3v) is 4.36. The maximum absolute atomic E-state index is 12.6. The van der Waals surface area contributed by atoms with Gasteiger partial charge in [-0.1, -0.05) is 0 Å². The van der Waals surface area contributed by atoms with E-state index in [0.717, 1.165) is 19.3 Å². The van der Waals surface area contributed by atoms with Crippen LogP contribution in [0.15, 0.2) is 0 Å². The number of nitrogens with two attached hydrogens (primary N) is 1. The van der Waals surface area contributed by atoms with Gasteiger partial charge in [-0.05, 0) is 47.0 Å². The molecule has 2 aliphatic heterocycles. The van der Waals surface area contributed by atoms with Crippen molar-refractivity contribution in [3.8, 4) is 0 Å². The molecule has 1 spiro atoms. The van der Waals surface area contributed by atoms with Crippen molar-refractivity contribution in [1.29, 1.82) is 0 Å². The first-order chi connectivity index (χ1) is 9.68. The monoisotopic (exact) mass is 297 g/mol. The van der Waals surface area contributed by atoms with E-state index in [1.807, 2.05) is 27.7 Å². The van der Waals surface area contributed by atoms with Gasteiger partial charge in [0, 0.05) is 19.1 Å². The molecule has 2 atom stereocenters. The number of amides is 2. The van der Waals surface area contributed by atoms with E-state index in [1.165, 1.54) is 0 Å². The normalized spacial score (nSPS) is 30.1. The average Bonchev–Trinajstić information content (AvgIpc) is 2.58. The van der Waals surface area contributed by atoms with Crippen LogP contribution in [0.4, 0.5) is 4.79 Å². The van der Waals surface area contributed by atoms with Crippen LogP contribution in [0.25, 0.3) is 0 Å². The summed E-state index contributed by atoms with van der Waals surface area (Å²) in [4.78, 5) is 28.3. The van der Waals surface area contributed by atoms with Crippen molar-refractivity contribution in [2.75, 3.05) is 19.8 Å². The number of rotatable bonds is 1. The third-order valence-electron chi connectivity index (χ3n) is 4.36. The number of carbonyl (C=O) groups excluding carboxylic acids is 2. The van der Waals surface area contributed by atoms with Gasteiger partial charge in [-0.25, -0.2) is 4.79 Å². The highest BCUT2D eigenvalue weighted by Crippen LogP contribution is 2.42. The summed E-state index contributed by atoms with van der Waals surface area (Å²) in [6.07, 6.45) is 2.10. The van der Waals surface area contributed by atoms with Crippen molar-refractivity contribution >= 4 is 12.0 Å². The lowest BCUT2D eigenvalue weighted by molar-refractivity contribution is -0.139. The van der Waals surface area contributed by atoms with Crippen molar-refractivity contribution in [2.24, 2.45) is 11.1 Å². The highest BCUT2D eigenvalue weighted by molar-refractivity contribution is 5.86. The third kappa shape index (κ3) is 3.15. The van der Waals surface area contributed by atoms with E-state index < -0.39 is 11.0 Å². The molecule has 0 aliphatic carbocycles. The first-order valence-corrected chi connectivity index (χ1v) is 7.68. The van der Waals surface area contributed by atoms with Gasteiger partial charge in [0.1, 0.15) is 5.60 Å². The molecule has 21 heavy (non-hydrogen) atoms. The standard InChI is InChI=1S/C15H27N3O3/c1-11-8-15(12(19)18(11)10-16)6-5-7-17(9-15)13(20)21-14(2,3)4/h11H,5-10,16H2,1-4H3. The fraction of sp³-hybridized carbons (Fsp3) is 0.867. The fourth-order valence-corrected chi connectivity index (χ4v) is 3.49. The minimum absolute atomic E-state index is 0.0887. The van der Waals surface area contributed by atoms with Crippen molar-refractivity contribution in [1.82, 2.24) is 9.80 Å². The summed E-state index contributed by atoms with van der Waals surface area (Å²) in [5, 5.41) is 0. The quantitative estimate of drug-likeness (QED) is 0.796. The van der Waals surface area contributed by atoms with Gasteiger partial charge in [-0.3, -0.25) is 4.79 Å². The van der Waals surface area contributed by atoms with Crippen LogP contribution in [0.3, 0.4) is 0 Å². The molecular formula is C15H27N3O3. The fourth-order valence-electron chi connectivity index (χ4n) is 3.49. The highest BCUT2D eigenvalue weighted by atomic mass is 16.6. The summed E-state index contributed by atoms with van der Waals surface area (Å²) < 4.78 is 5.43. The number of nitrogens with zero attached hydrogens (tertiary/aromatic N) is 2. The summed E-state index contributed by atoms with van der Waals surface area (Å²) in [6, 6.07) is 0.140. The Labute approximate surface area is 126 Å². The van der Waals surface area contributed by atoms with Crippen LogP contribution < -0.4 is 5.73 Å². The Morgan fingerprint density at radius 2 is 2.14 bits per heavy atom. The Kier molecular flexibility index (Phi) is 4.19. The van der Waals surface area contributed by atoms with E-state index >= 15 is 0 Å². The van der Waals surface area contributed by atoms with Crippen LogP contribution in [0.1, 0.15) is 47.0 Å². The van der Waals surface area contributed by atoms with Crippen LogP contribution >= 0.6 is 0 Å². The van der Waals surface area contributed by atoms with Crippen LogP contribution in [0, 0.1) is 5.41 Å². The molecule has 0 aromatic rings. The van der Waals surface area contributed by atoms with Crippen molar-refractivity contribution in [3.05, 3.63) is 0 Å². The Bertz CT molecular complexity index is 432. The lowest BCUT2D eigenvalue weighted by atomic mass is 9.77. The van der Waals surface area contributed by atoms with E-state index in [-0.39, 0.29) is 24.7 Å². The van der Waals surface area contributed by atoms with Gasteiger partial charge in [-0.2, -0.15) is 0 Å². The van der Waals surface area contributed by atoms with Crippen LogP contribution in [0.5, 0.6) is 0 Å². The maximum Gasteiger partial charge on any atom is 0.410 e. The van der Waals surface area contributed by atoms with E-state index in [0.29, 0.717) is 13.1 Å². The average molecular weight is 297 g/mol. The Balaban J connectivity index is 2.11. The lowest BCUT2D eigenvalue weighted by Crippen LogP contribution is -2.51. The molecule has 2 fully saturated rings. The van der Waals surface area contributed by atoms with Gasteiger partial charge in [0.15, 0.2) is 0 Å². The van der Waals surface area contributed by atoms with Crippen LogP contribution in [-0.4, -0.2) is 53.2 Å². The molecule has 6 nitrogen and oxygen atoms in total. The molecule has 0 radical (unpaired) electrons. The zero-order valence-corrected chi connectivity index (χ0v) is 13.5. The molecule has 2 aliphatic rings. The number of ether oxygens (including phenoxy) is 1. The Morgan fingerprint density at radius 3 is 2.67 bits per heavy atom. The molecule has 2 amide bonds. The van der Waals surface area contributed by atoms with Crippen molar-refractivity contribution < 1.29 is 14.3 Å². The minimum atomic E-state index is -0.516. The van der Waals surface area contributed by atoms with Gasteiger partial charge >= 0.3 is 6.09 Å². The molecule has 120 valence electrons. The predicted molar refractivity (Wildman–Crippen MR) is 79.5 cm³/mol. The van der Waals surface area contributed by atoms with Crippen LogP contribution in [0.2, 0.25) is 0 Å². The second-order valence-corrected chi connectivity index (χ2v) is 7.30. The highest BCUT2D eigenvalue weighted by Gasteiger charge is 2.52. The molecule has 6 heteroatoms. The number of carbonyl (C=O) groups is 2. The van der Waals surface area contributed by atoms with E-state index in [9.17, 15) is 9.59 Å². The molecule has 0 aromatic heterocycles. The second kappa shape index (κ2) is 5.48. The van der Waals surface area contributed by atoms with E-state index in [2.05, 4.69) is 0 Å². The van der Waals surface area contributed by atoms with Crippen molar-refractivity contribution in [2.45, 2.75) is 58.6 Å². The topological polar surface area (TPSA) is 75.9 Å². The first kappa shape index (κ1) is 16.1. The van der Waals surface area contributed by atoms with Gasteiger partial charge < -0.3 is 20.3 Å².